The summed E-state index contributed by atoms with van der Waals surface area (Å²) in [5.41, 5.74) is 6.88. The minimum Gasteiger partial charge on any atom is -0.384 e. The van der Waals surface area contributed by atoms with Gasteiger partial charge in [0.25, 0.3) is 0 Å². The van der Waals surface area contributed by atoms with Crippen LogP contribution in [0.15, 0.2) is 18.3 Å². The summed E-state index contributed by atoms with van der Waals surface area (Å²) in [6.45, 7) is 6.87. The minimum absolute atomic E-state index is 0.163. The number of nitrogens with two attached hydrogens (primary N) is 1. The molecule has 0 atom stereocenters. The van der Waals surface area contributed by atoms with Crippen LogP contribution in [0.1, 0.15) is 32.3 Å². The zero-order chi connectivity index (χ0) is 13.8. The predicted molar refractivity (Wildman–Crippen MR) is 76.5 cm³/mol. The van der Waals surface area contributed by atoms with Crippen LogP contribution in [0.4, 0.5) is 5.82 Å². The lowest BCUT2D eigenvalue weighted by Crippen LogP contribution is -2.37. The van der Waals surface area contributed by atoms with Crippen LogP contribution >= 0.6 is 0 Å². The number of aromatic nitrogens is 1. The third-order valence-corrected chi connectivity index (χ3v) is 3.81. The topological polar surface area (TPSA) is 59.2 Å². The highest BCUT2D eigenvalue weighted by Crippen LogP contribution is 2.22. The van der Waals surface area contributed by atoms with Gasteiger partial charge in [-0.1, -0.05) is 13.8 Å². The number of Topliss-reactive ketones (excluding diaryl/α,β-unsaturated/α-hetero) is 1. The first-order chi connectivity index (χ1) is 9.06. The van der Waals surface area contributed by atoms with Crippen LogP contribution < -0.4 is 5.73 Å². The van der Waals surface area contributed by atoms with Crippen molar-refractivity contribution in [3.05, 3.63) is 23.9 Å². The Hall–Kier alpha value is -1.42. The van der Waals surface area contributed by atoms with E-state index in [0.29, 0.717) is 11.6 Å². The monoisotopic (exact) mass is 261 g/mol. The molecule has 1 aliphatic rings. The molecule has 0 radical (unpaired) electrons. The lowest BCUT2D eigenvalue weighted by atomic mass is 9.87. The molecule has 4 heteroatoms. The van der Waals surface area contributed by atoms with Gasteiger partial charge in [-0.25, -0.2) is 4.98 Å². The number of anilines is 1. The van der Waals surface area contributed by atoms with Gasteiger partial charge in [0.2, 0.25) is 0 Å². The van der Waals surface area contributed by atoms with Crippen molar-refractivity contribution in [2.75, 3.05) is 18.8 Å². The highest BCUT2D eigenvalue weighted by atomic mass is 16.1. The van der Waals surface area contributed by atoms with E-state index < -0.39 is 0 Å². The first-order valence-electron chi connectivity index (χ1n) is 7.02. The molecule has 0 unspecified atom stereocenters. The maximum absolute atomic E-state index is 12.0. The maximum atomic E-state index is 12.0. The van der Waals surface area contributed by atoms with E-state index in [1.165, 1.54) is 5.56 Å². The molecule has 1 aromatic rings. The Morgan fingerprint density at radius 1 is 1.47 bits per heavy atom. The maximum Gasteiger partial charge on any atom is 0.138 e. The summed E-state index contributed by atoms with van der Waals surface area (Å²) >= 11 is 0. The molecule has 2 N–H and O–H groups in total. The van der Waals surface area contributed by atoms with Gasteiger partial charge in [0, 0.05) is 24.6 Å². The molecule has 1 saturated heterocycles. The van der Waals surface area contributed by atoms with Crippen molar-refractivity contribution < 1.29 is 4.79 Å². The molecule has 2 rings (SSSR count). The average molecular weight is 261 g/mol. The van der Waals surface area contributed by atoms with Gasteiger partial charge in [0.1, 0.15) is 11.6 Å². The molecular formula is C15H23N3O. The number of rotatable bonds is 4. The molecular weight excluding hydrogens is 238 g/mol. The summed E-state index contributed by atoms with van der Waals surface area (Å²) in [7, 11) is 0. The van der Waals surface area contributed by atoms with Crippen LogP contribution in [-0.2, 0) is 11.3 Å². The number of pyridine rings is 1. The van der Waals surface area contributed by atoms with Gasteiger partial charge in [-0.15, -0.1) is 0 Å². The zero-order valence-corrected chi connectivity index (χ0v) is 11.8. The van der Waals surface area contributed by atoms with Crippen molar-refractivity contribution in [3.8, 4) is 0 Å². The minimum atomic E-state index is 0.163. The number of hydrogen-bond donors (Lipinski definition) is 1. The molecule has 0 aromatic carbocycles. The Morgan fingerprint density at radius 3 is 2.74 bits per heavy atom. The van der Waals surface area contributed by atoms with E-state index in [0.717, 1.165) is 32.5 Å². The largest absolute Gasteiger partial charge is 0.384 e. The Bertz CT molecular complexity index is 437. The van der Waals surface area contributed by atoms with E-state index in [9.17, 15) is 4.79 Å². The van der Waals surface area contributed by atoms with Crippen molar-refractivity contribution in [1.82, 2.24) is 9.88 Å². The molecule has 1 aromatic heterocycles. The third-order valence-electron chi connectivity index (χ3n) is 3.81. The van der Waals surface area contributed by atoms with Crippen molar-refractivity contribution in [1.29, 1.82) is 0 Å². The average Bonchev–Trinajstić information content (AvgIpc) is 2.39. The van der Waals surface area contributed by atoms with Crippen LogP contribution in [-0.4, -0.2) is 28.8 Å². The van der Waals surface area contributed by atoms with Crippen LogP contribution in [0.2, 0.25) is 0 Å². The quantitative estimate of drug-likeness (QED) is 0.901. The fourth-order valence-electron chi connectivity index (χ4n) is 2.70. The van der Waals surface area contributed by atoms with E-state index in [-0.39, 0.29) is 11.8 Å². The fourth-order valence-corrected chi connectivity index (χ4v) is 2.70. The molecule has 104 valence electrons. The second-order valence-corrected chi connectivity index (χ2v) is 5.70. The standard InChI is InChI=1S/C15H23N3O/c1-11(2)15(19)13-4-7-18(8-5-13)10-12-3-6-17-14(16)9-12/h3,6,9,11,13H,4-5,7-8,10H2,1-2H3,(H2,16,17). The Balaban J connectivity index is 1.85. The number of carbonyl (C=O) groups excluding carboxylic acids is 1. The second-order valence-electron chi connectivity index (χ2n) is 5.70. The molecule has 0 saturated carbocycles. The number of carbonyl (C=O) groups is 1. The van der Waals surface area contributed by atoms with E-state index >= 15 is 0 Å². The smallest absolute Gasteiger partial charge is 0.138 e. The third kappa shape index (κ3) is 3.77. The van der Waals surface area contributed by atoms with Gasteiger partial charge in [-0.2, -0.15) is 0 Å². The Morgan fingerprint density at radius 2 is 2.16 bits per heavy atom. The molecule has 1 aliphatic heterocycles. The number of nitrogens with zero attached hydrogens (tertiary/aromatic N) is 2. The first kappa shape index (κ1) is 14.0. The van der Waals surface area contributed by atoms with E-state index in [2.05, 4.69) is 9.88 Å². The Kier molecular flexibility index (Phi) is 4.53. The molecule has 19 heavy (non-hydrogen) atoms. The summed E-state index contributed by atoms with van der Waals surface area (Å²) in [6.07, 6.45) is 3.72. The van der Waals surface area contributed by atoms with Gasteiger partial charge in [0.15, 0.2) is 0 Å². The molecule has 0 bridgehead atoms. The molecule has 0 spiro atoms. The number of ketones is 1. The van der Waals surface area contributed by atoms with Crippen LogP contribution in [0.3, 0.4) is 0 Å². The molecule has 0 amide bonds. The highest BCUT2D eigenvalue weighted by Gasteiger charge is 2.26. The number of likely N-dealkylation sites (tertiary alicyclic amines) is 1. The normalized spacial score (nSPS) is 17.8. The van der Waals surface area contributed by atoms with Crippen molar-refractivity contribution in [2.24, 2.45) is 11.8 Å². The van der Waals surface area contributed by atoms with Gasteiger partial charge in [-0.3, -0.25) is 9.69 Å². The molecule has 1 fully saturated rings. The Labute approximate surface area is 115 Å². The summed E-state index contributed by atoms with van der Waals surface area (Å²) in [6, 6.07) is 3.92. The van der Waals surface area contributed by atoms with Crippen LogP contribution in [0.5, 0.6) is 0 Å². The zero-order valence-electron chi connectivity index (χ0n) is 11.8. The summed E-state index contributed by atoms with van der Waals surface area (Å²) in [5.74, 6) is 1.42. The van der Waals surface area contributed by atoms with Crippen LogP contribution in [0, 0.1) is 11.8 Å². The molecule has 4 nitrogen and oxygen atoms in total. The lowest BCUT2D eigenvalue weighted by molar-refractivity contribution is -0.127. The van der Waals surface area contributed by atoms with Gasteiger partial charge < -0.3 is 5.73 Å². The summed E-state index contributed by atoms with van der Waals surface area (Å²) < 4.78 is 0. The van der Waals surface area contributed by atoms with E-state index in [4.69, 9.17) is 5.73 Å². The predicted octanol–water partition coefficient (Wildman–Crippen LogP) is 2.10. The number of hydrogen-bond acceptors (Lipinski definition) is 4. The van der Waals surface area contributed by atoms with Crippen molar-refractivity contribution >= 4 is 11.6 Å². The second kappa shape index (κ2) is 6.15. The summed E-state index contributed by atoms with van der Waals surface area (Å²) in [5, 5.41) is 0. The van der Waals surface area contributed by atoms with Crippen LogP contribution in [0.25, 0.3) is 0 Å². The van der Waals surface area contributed by atoms with E-state index in [1.807, 2.05) is 26.0 Å². The highest BCUT2D eigenvalue weighted by molar-refractivity contribution is 5.82. The lowest BCUT2D eigenvalue weighted by Gasteiger charge is -2.31. The fraction of sp³-hybridized carbons (Fsp3) is 0.600. The first-order valence-corrected chi connectivity index (χ1v) is 7.02. The number of nitrogen functional groups attached to an aromatic ring is 1. The number of piperidine rings is 1. The van der Waals surface area contributed by atoms with Crippen molar-refractivity contribution in [2.45, 2.75) is 33.2 Å². The summed E-state index contributed by atoms with van der Waals surface area (Å²) in [4.78, 5) is 18.4. The molecule has 2 heterocycles. The molecule has 0 aliphatic carbocycles. The van der Waals surface area contributed by atoms with Gasteiger partial charge in [0.05, 0.1) is 0 Å². The van der Waals surface area contributed by atoms with Gasteiger partial charge >= 0.3 is 0 Å². The van der Waals surface area contributed by atoms with Gasteiger partial charge in [-0.05, 0) is 43.6 Å². The van der Waals surface area contributed by atoms with E-state index in [1.54, 1.807) is 6.20 Å². The SMILES string of the molecule is CC(C)C(=O)C1CCN(Cc2ccnc(N)c2)CC1. The van der Waals surface area contributed by atoms with Crippen molar-refractivity contribution in [3.63, 3.8) is 0 Å².